The first-order chi connectivity index (χ1) is 24.5. The molecule has 0 aliphatic carbocycles. The van der Waals surface area contributed by atoms with Gasteiger partial charge in [0.05, 0.1) is 11.6 Å². The number of alkyl halides is 3. The van der Waals surface area contributed by atoms with E-state index in [0.29, 0.717) is 56.3 Å². The third kappa shape index (κ3) is 9.15. The van der Waals surface area contributed by atoms with Crippen LogP contribution in [0, 0.1) is 0 Å². The zero-order valence-electron chi connectivity index (χ0n) is 28.7. The summed E-state index contributed by atoms with van der Waals surface area (Å²) in [7, 11) is 1.52. The number of fused-ring (bicyclic) bond motifs is 5. The Morgan fingerprint density at radius 2 is 1.59 bits per heavy atom. The molecule has 0 fully saturated rings. The first-order valence-corrected chi connectivity index (χ1v) is 17.3. The molecule has 2 heterocycles. The lowest BCUT2D eigenvalue weighted by molar-refractivity contribution is -0.142. The van der Waals surface area contributed by atoms with E-state index in [-0.39, 0.29) is 30.6 Å². The molecule has 10 nitrogen and oxygen atoms in total. The summed E-state index contributed by atoms with van der Waals surface area (Å²) in [5.41, 5.74) is 13.5. The molecule has 0 radical (unpaired) electrons. The quantitative estimate of drug-likeness (QED) is 0.142. The standard InChI is InChI=1S/C38H46F3N7O3/c1-48-33(20-27-23-45-30-14-3-2-12-28(27)30)36(50)46-22-26-11-7-13-29(38(39,40)41)34(26)25-10-6-9-24(19-25)21-44-31(16-8-18-43)35(49)47-32(37(48)51)15-4-5-17-42/h2-3,6-7,9-14,19,23,31-33,44-45H,4-5,8,15-18,20-22,42-43H2,1H3,(H,46,50)(H,47,49)/t31-,32-,33-/m0/s1. The number of aromatic amines is 1. The minimum Gasteiger partial charge on any atom is -0.361 e. The zero-order chi connectivity index (χ0) is 36.5. The number of nitrogens with two attached hydrogens (primary N) is 2. The van der Waals surface area contributed by atoms with E-state index in [4.69, 9.17) is 11.5 Å². The van der Waals surface area contributed by atoms with Gasteiger partial charge in [-0.2, -0.15) is 13.2 Å². The predicted octanol–water partition coefficient (Wildman–Crippen LogP) is 4.36. The Bertz CT molecular complexity index is 1830. The van der Waals surface area contributed by atoms with Crippen LogP contribution < -0.4 is 27.4 Å². The second-order valence-corrected chi connectivity index (χ2v) is 13.0. The number of aromatic nitrogens is 1. The fraction of sp³-hybridized carbons (Fsp3) is 0.395. The first-order valence-electron chi connectivity index (χ1n) is 17.3. The maximum Gasteiger partial charge on any atom is 0.417 e. The molecule has 8 N–H and O–H groups in total. The van der Waals surface area contributed by atoms with Crippen molar-refractivity contribution < 1.29 is 27.6 Å². The monoisotopic (exact) mass is 705 g/mol. The van der Waals surface area contributed by atoms with E-state index in [0.717, 1.165) is 22.5 Å². The van der Waals surface area contributed by atoms with E-state index in [1.165, 1.54) is 18.0 Å². The Balaban J connectivity index is 1.60. The topological polar surface area (TPSA) is 158 Å². The van der Waals surface area contributed by atoms with Crippen LogP contribution in [0.3, 0.4) is 0 Å². The number of unbranched alkanes of at least 4 members (excludes halogenated alkanes) is 1. The number of nitrogens with one attached hydrogen (secondary N) is 4. The van der Waals surface area contributed by atoms with Gasteiger partial charge in [0.2, 0.25) is 17.7 Å². The summed E-state index contributed by atoms with van der Waals surface area (Å²) < 4.78 is 43.4. The minimum absolute atomic E-state index is 0.0496. The Morgan fingerprint density at radius 3 is 2.35 bits per heavy atom. The highest BCUT2D eigenvalue weighted by Crippen LogP contribution is 2.39. The van der Waals surface area contributed by atoms with Gasteiger partial charge >= 0.3 is 6.18 Å². The Hall–Kier alpha value is -4.72. The van der Waals surface area contributed by atoms with Crippen LogP contribution in [0.15, 0.2) is 72.9 Å². The average molecular weight is 706 g/mol. The molecule has 3 atom stereocenters. The van der Waals surface area contributed by atoms with Crippen LogP contribution in [0.1, 0.15) is 54.4 Å². The lowest BCUT2D eigenvalue weighted by atomic mass is 9.92. The highest BCUT2D eigenvalue weighted by Gasteiger charge is 2.36. The molecule has 3 aromatic carbocycles. The van der Waals surface area contributed by atoms with Crippen LogP contribution in [0.5, 0.6) is 0 Å². The predicted molar refractivity (Wildman–Crippen MR) is 191 cm³/mol. The van der Waals surface area contributed by atoms with Gasteiger partial charge in [0, 0.05) is 43.7 Å². The number of nitrogens with zero attached hydrogens (tertiary/aromatic N) is 1. The number of likely N-dealkylation sites (N-methyl/N-ethyl adjacent to an activating group) is 1. The van der Waals surface area contributed by atoms with Crippen molar-refractivity contribution in [3.05, 3.63) is 95.2 Å². The largest absolute Gasteiger partial charge is 0.417 e. The smallest absolute Gasteiger partial charge is 0.361 e. The summed E-state index contributed by atoms with van der Waals surface area (Å²) in [5, 5.41) is 9.91. The molecule has 0 unspecified atom stereocenters. The number of carbonyl (C=O) groups excluding carboxylic acids is 3. The molecule has 5 rings (SSSR count). The molecule has 1 aromatic heterocycles. The van der Waals surface area contributed by atoms with Crippen LogP contribution in [-0.2, 0) is 40.1 Å². The van der Waals surface area contributed by atoms with Gasteiger partial charge in [-0.1, -0.05) is 48.5 Å². The van der Waals surface area contributed by atoms with Gasteiger partial charge in [-0.25, -0.2) is 0 Å². The molecule has 1 aliphatic heterocycles. The van der Waals surface area contributed by atoms with Crippen LogP contribution in [0.4, 0.5) is 13.2 Å². The van der Waals surface area contributed by atoms with Crippen molar-refractivity contribution in [2.24, 2.45) is 11.5 Å². The number of amides is 3. The van der Waals surface area contributed by atoms with E-state index in [9.17, 15) is 27.6 Å². The second kappa shape index (κ2) is 17.0. The highest BCUT2D eigenvalue weighted by molar-refractivity contribution is 5.94. The molecule has 0 saturated carbocycles. The SMILES string of the molecule is CN1C(=O)[C@H](CCCCN)NC(=O)[C@H](CCCN)NCc2cccc(c2)-c2c(cccc2C(F)(F)F)CNC(=O)[C@@H]1Cc1c[nH]c2ccccc12. The van der Waals surface area contributed by atoms with Crippen LogP contribution in [0.25, 0.3) is 22.0 Å². The normalized spacial score (nSPS) is 19.4. The molecule has 272 valence electrons. The number of rotatable bonds is 9. The molecular weight excluding hydrogens is 659 g/mol. The number of carbonyl (C=O) groups is 3. The van der Waals surface area contributed by atoms with Gasteiger partial charge in [-0.05, 0) is 91.2 Å². The van der Waals surface area contributed by atoms with Crippen molar-refractivity contribution in [1.82, 2.24) is 25.8 Å². The van der Waals surface area contributed by atoms with Crippen molar-refractivity contribution in [3.8, 4) is 11.1 Å². The molecule has 0 saturated heterocycles. The summed E-state index contributed by atoms with van der Waals surface area (Å²) in [6.45, 7) is 0.706. The van der Waals surface area contributed by atoms with Gasteiger partial charge < -0.3 is 37.3 Å². The molecule has 1 aliphatic rings. The van der Waals surface area contributed by atoms with Crippen LogP contribution in [-0.4, -0.2) is 65.9 Å². The van der Waals surface area contributed by atoms with Crippen LogP contribution >= 0.6 is 0 Å². The van der Waals surface area contributed by atoms with E-state index in [1.54, 1.807) is 36.5 Å². The van der Waals surface area contributed by atoms with E-state index < -0.39 is 47.6 Å². The number of hydrogen-bond donors (Lipinski definition) is 6. The summed E-state index contributed by atoms with van der Waals surface area (Å²) >= 11 is 0. The fourth-order valence-electron chi connectivity index (χ4n) is 6.69. The number of hydrogen-bond acceptors (Lipinski definition) is 6. The van der Waals surface area contributed by atoms with Crippen LogP contribution in [0.2, 0.25) is 0 Å². The summed E-state index contributed by atoms with van der Waals surface area (Å²) in [5.74, 6) is -1.42. The molecule has 13 heteroatoms. The van der Waals surface area contributed by atoms with Crippen molar-refractivity contribution in [2.75, 3.05) is 20.1 Å². The summed E-state index contributed by atoms with van der Waals surface area (Å²) in [6.07, 6.45) is -0.395. The van der Waals surface area contributed by atoms with Gasteiger partial charge in [-0.15, -0.1) is 0 Å². The number of benzene rings is 3. The van der Waals surface area contributed by atoms with Crippen molar-refractivity contribution >= 4 is 28.6 Å². The Morgan fingerprint density at radius 1 is 0.843 bits per heavy atom. The summed E-state index contributed by atoms with van der Waals surface area (Å²) in [4.78, 5) is 46.9. The second-order valence-electron chi connectivity index (χ2n) is 13.0. The number of H-pyrrole nitrogens is 1. The third-order valence-corrected chi connectivity index (χ3v) is 9.46. The van der Waals surface area contributed by atoms with E-state index >= 15 is 0 Å². The minimum atomic E-state index is -4.67. The van der Waals surface area contributed by atoms with Crippen molar-refractivity contribution in [1.29, 1.82) is 0 Å². The maximum atomic E-state index is 14.5. The van der Waals surface area contributed by atoms with E-state index in [2.05, 4.69) is 20.9 Å². The van der Waals surface area contributed by atoms with Gasteiger partial charge in [0.15, 0.2) is 0 Å². The Kier molecular flexibility index (Phi) is 12.5. The van der Waals surface area contributed by atoms with Gasteiger partial charge in [0.25, 0.3) is 0 Å². The Labute approximate surface area is 295 Å². The molecule has 3 amide bonds. The van der Waals surface area contributed by atoms with Gasteiger partial charge in [-0.3, -0.25) is 14.4 Å². The zero-order valence-corrected chi connectivity index (χ0v) is 28.7. The molecule has 51 heavy (non-hydrogen) atoms. The average Bonchev–Trinajstić information content (AvgIpc) is 3.53. The van der Waals surface area contributed by atoms with Crippen molar-refractivity contribution in [2.45, 2.75) is 75.9 Å². The third-order valence-electron chi connectivity index (χ3n) is 9.46. The number of para-hydroxylation sites is 1. The lowest BCUT2D eigenvalue weighted by Gasteiger charge is -2.32. The van der Waals surface area contributed by atoms with Crippen molar-refractivity contribution in [3.63, 3.8) is 0 Å². The van der Waals surface area contributed by atoms with Gasteiger partial charge in [0.1, 0.15) is 12.1 Å². The number of halogens is 3. The van der Waals surface area contributed by atoms with E-state index in [1.807, 2.05) is 24.3 Å². The fourth-order valence-corrected chi connectivity index (χ4v) is 6.69. The first kappa shape index (κ1) is 37.5. The molecule has 0 spiro atoms. The summed E-state index contributed by atoms with van der Waals surface area (Å²) in [6, 6.07) is 15.4. The molecule has 2 bridgehead atoms. The highest BCUT2D eigenvalue weighted by atomic mass is 19.4. The lowest BCUT2D eigenvalue weighted by Crippen LogP contribution is -2.57. The molecule has 4 aromatic rings. The maximum absolute atomic E-state index is 14.5. The molecular formula is C38H46F3N7O3.